The smallest absolute Gasteiger partial charge is 0.338 e. The zero-order valence-corrected chi connectivity index (χ0v) is 15.0. The Morgan fingerprint density at radius 2 is 1.76 bits per heavy atom. The largest absolute Gasteiger partial charge is 0.463 e. The maximum Gasteiger partial charge on any atom is 0.338 e. The number of nitrogens with one attached hydrogen (secondary N) is 1. The van der Waals surface area contributed by atoms with Gasteiger partial charge in [0.2, 0.25) is 0 Å². The summed E-state index contributed by atoms with van der Waals surface area (Å²) in [5.74, 6) is -0.341. The zero-order chi connectivity index (χ0) is 17.6. The number of carbonyl (C=O) groups is 1. The van der Waals surface area contributed by atoms with E-state index in [1.165, 1.54) is 11.8 Å². The molecular formula is C20H20N2O2S. The topological polar surface area (TPSA) is 50.7 Å². The van der Waals surface area contributed by atoms with Crippen LogP contribution >= 0.6 is 11.8 Å². The molecule has 0 aliphatic carbocycles. The molecule has 4 nitrogen and oxygen atoms in total. The number of rotatable bonds is 4. The van der Waals surface area contributed by atoms with E-state index in [9.17, 15) is 4.79 Å². The van der Waals surface area contributed by atoms with Gasteiger partial charge in [0, 0.05) is 0 Å². The quantitative estimate of drug-likeness (QED) is 0.844. The van der Waals surface area contributed by atoms with Gasteiger partial charge in [-0.05, 0) is 24.3 Å². The molecule has 0 saturated carbocycles. The van der Waals surface area contributed by atoms with Gasteiger partial charge in [0.25, 0.3) is 0 Å². The minimum absolute atomic E-state index is 0.324. The molecule has 1 atom stereocenters. The average molecular weight is 352 g/mol. The van der Waals surface area contributed by atoms with Gasteiger partial charge in [0.15, 0.2) is 5.17 Å². The number of nitrogens with zero attached hydrogens (tertiary/aromatic N) is 1. The van der Waals surface area contributed by atoms with Crippen LogP contribution in [-0.4, -0.2) is 24.0 Å². The maximum absolute atomic E-state index is 12.8. The fourth-order valence-corrected chi connectivity index (χ4v) is 3.18. The molecule has 0 spiro atoms. The van der Waals surface area contributed by atoms with Crippen molar-refractivity contribution in [3.63, 3.8) is 0 Å². The molecule has 0 aromatic heterocycles. The minimum atomic E-state index is -0.390. The number of ether oxygens (including phenoxy) is 1. The first kappa shape index (κ1) is 17.3. The van der Waals surface area contributed by atoms with Gasteiger partial charge in [0.1, 0.15) is 6.04 Å². The number of amidine groups is 1. The van der Waals surface area contributed by atoms with Crippen molar-refractivity contribution < 1.29 is 9.53 Å². The van der Waals surface area contributed by atoms with Crippen LogP contribution in [0.2, 0.25) is 0 Å². The number of benzene rings is 2. The number of thioether (sulfide) groups is 1. The number of carbonyl (C=O) groups excluding carboxylic acids is 1. The van der Waals surface area contributed by atoms with Crippen molar-refractivity contribution in [1.29, 1.82) is 0 Å². The molecule has 0 radical (unpaired) electrons. The number of aliphatic imine (C=N–C) groups is 1. The predicted molar refractivity (Wildman–Crippen MR) is 103 cm³/mol. The van der Waals surface area contributed by atoms with Crippen LogP contribution in [0.5, 0.6) is 0 Å². The standard InChI is InChI=1S/C20H20N2O2S/c1-3-24-19(23)16-17(14-10-6-4-7-11-14)21-20(25-2)22-18(16)15-12-8-5-9-13-15/h4-13,17H,3H2,1-2H3,(H,21,22). The van der Waals surface area contributed by atoms with Crippen LogP contribution in [0.15, 0.2) is 71.2 Å². The van der Waals surface area contributed by atoms with E-state index in [0.29, 0.717) is 12.2 Å². The summed E-state index contributed by atoms with van der Waals surface area (Å²) in [6.07, 6.45) is 1.96. The lowest BCUT2D eigenvalue weighted by Crippen LogP contribution is -2.30. The third kappa shape index (κ3) is 3.77. The highest BCUT2D eigenvalue weighted by molar-refractivity contribution is 8.13. The van der Waals surface area contributed by atoms with Gasteiger partial charge in [-0.15, -0.1) is 0 Å². The van der Waals surface area contributed by atoms with Crippen molar-refractivity contribution in [3.05, 3.63) is 77.4 Å². The van der Waals surface area contributed by atoms with Crippen LogP contribution in [0.3, 0.4) is 0 Å². The summed E-state index contributed by atoms with van der Waals surface area (Å²) in [5, 5.41) is 4.08. The normalized spacial score (nSPS) is 16.9. The van der Waals surface area contributed by atoms with E-state index in [4.69, 9.17) is 9.73 Å². The molecule has 1 heterocycles. The summed E-state index contributed by atoms with van der Waals surface area (Å²) >= 11 is 1.52. The molecule has 1 unspecified atom stereocenters. The highest BCUT2D eigenvalue weighted by atomic mass is 32.2. The number of esters is 1. The van der Waals surface area contributed by atoms with Gasteiger partial charge in [-0.2, -0.15) is 0 Å². The third-order valence-corrected chi connectivity index (χ3v) is 4.48. The van der Waals surface area contributed by atoms with Gasteiger partial charge in [-0.3, -0.25) is 0 Å². The second-order valence-electron chi connectivity index (χ2n) is 5.45. The van der Waals surface area contributed by atoms with Gasteiger partial charge in [0.05, 0.1) is 17.9 Å². The summed E-state index contributed by atoms with van der Waals surface area (Å²) in [5.41, 5.74) is 3.20. The second-order valence-corrected chi connectivity index (χ2v) is 6.25. The Kier molecular flexibility index (Phi) is 5.56. The molecule has 2 aromatic rings. The first-order valence-corrected chi connectivity index (χ1v) is 9.37. The van der Waals surface area contributed by atoms with E-state index in [-0.39, 0.29) is 12.0 Å². The molecule has 1 aliphatic heterocycles. The van der Waals surface area contributed by atoms with Gasteiger partial charge in [-0.1, -0.05) is 72.4 Å². The molecule has 25 heavy (non-hydrogen) atoms. The van der Waals surface area contributed by atoms with Crippen LogP contribution in [0.1, 0.15) is 24.1 Å². The number of hydrogen-bond donors (Lipinski definition) is 1. The monoisotopic (exact) mass is 352 g/mol. The molecule has 1 aliphatic rings. The first-order valence-electron chi connectivity index (χ1n) is 8.15. The molecule has 2 aromatic carbocycles. The van der Waals surface area contributed by atoms with Crippen LogP contribution in [-0.2, 0) is 9.53 Å². The fraction of sp³-hybridized carbons (Fsp3) is 0.200. The minimum Gasteiger partial charge on any atom is -0.463 e. The van der Waals surface area contributed by atoms with Crippen LogP contribution in [0.4, 0.5) is 0 Å². The van der Waals surface area contributed by atoms with E-state index in [2.05, 4.69) is 5.32 Å². The summed E-state index contributed by atoms with van der Waals surface area (Å²) in [6.45, 7) is 2.13. The molecule has 5 heteroatoms. The van der Waals surface area contributed by atoms with E-state index in [1.54, 1.807) is 0 Å². The Balaban J connectivity index is 2.18. The van der Waals surface area contributed by atoms with Crippen molar-refractivity contribution in [1.82, 2.24) is 5.32 Å². The Morgan fingerprint density at radius 1 is 1.12 bits per heavy atom. The first-order chi connectivity index (χ1) is 12.2. The van der Waals surface area contributed by atoms with Gasteiger partial charge in [-0.25, -0.2) is 9.79 Å². The third-order valence-electron chi connectivity index (χ3n) is 3.89. The summed E-state index contributed by atoms with van der Waals surface area (Å²) in [4.78, 5) is 17.5. The lowest BCUT2D eigenvalue weighted by Gasteiger charge is -2.27. The summed E-state index contributed by atoms with van der Waals surface area (Å²) in [6, 6.07) is 19.3. The van der Waals surface area contributed by atoms with Crippen molar-refractivity contribution in [2.45, 2.75) is 13.0 Å². The van der Waals surface area contributed by atoms with Crippen molar-refractivity contribution >= 4 is 28.6 Å². The van der Waals surface area contributed by atoms with Gasteiger partial charge < -0.3 is 10.1 Å². The van der Waals surface area contributed by atoms with Crippen LogP contribution in [0.25, 0.3) is 5.70 Å². The number of hydrogen-bond acceptors (Lipinski definition) is 5. The molecule has 0 fully saturated rings. The Labute approximate surface area is 152 Å². The van der Waals surface area contributed by atoms with E-state index in [1.807, 2.05) is 73.8 Å². The predicted octanol–water partition coefficient (Wildman–Crippen LogP) is 4.02. The Hall–Kier alpha value is -2.53. The highest BCUT2D eigenvalue weighted by Gasteiger charge is 2.32. The van der Waals surface area contributed by atoms with Gasteiger partial charge >= 0.3 is 5.97 Å². The maximum atomic E-state index is 12.8. The Morgan fingerprint density at radius 3 is 2.36 bits per heavy atom. The Bertz CT molecular complexity index is 801. The lowest BCUT2D eigenvalue weighted by atomic mass is 9.94. The van der Waals surface area contributed by atoms with Crippen molar-refractivity contribution in [2.75, 3.05) is 12.9 Å². The molecular weight excluding hydrogens is 332 g/mol. The molecule has 0 saturated heterocycles. The fourth-order valence-electron chi connectivity index (χ4n) is 2.76. The lowest BCUT2D eigenvalue weighted by molar-refractivity contribution is -0.138. The van der Waals surface area contributed by atoms with Crippen LogP contribution < -0.4 is 5.32 Å². The van der Waals surface area contributed by atoms with Crippen molar-refractivity contribution in [3.8, 4) is 0 Å². The van der Waals surface area contributed by atoms with E-state index < -0.39 is 0 Å². The summed E-state index contributed by atoms with van der Waals surface area (Å²) in [7, 11) is 0. The summed E-state index contributed by atoms with van der Waals surface area (Å²) < 4.78 is 5.34. The van der Waals surface area contributed by atoms with E-state index in [0.717, 1.165) is 22.0 Å². The second kappa shape index (κ2) is 8.03. The molecule has 128 valence electrons. The SMILES string of the molecule is CCOC(=O)C1=C(c2ccccc2)NC(SC)=NC1c1ccccc1. The van der Waals surface area contributed by atoms with Crippen LogP contribution in [0, 0.1) is 0 Å². The molecule has 3 rings (SSSR count). The zero-order valence-electron chi connectivity index (χ0n) is 14.2. The highest BCUT2D eigenvalue weighted by Crippen LogP contribution is 2.35. The average Bonchev–Trinajstić information content (AvgIpc) is 2.68. The molecule has 0 amide bonds. The molecule has 1 N–H and O–H groups in total. The molecule has 0 bridgehead atoms. The van der Waals surface area contributed by atoms with E-state index >= 15 is 0 Å². The van der Waals surface area contributed by atoms with Crippen molar-refractivity contribution in [2.24, 2.45) is 4.99 Å².